The van der Waals surface area contributed by atoms with Crippen molar-refractivity contribution in [3.05, 3.63) is 0 Å². The van der Waals surface area contributed by atoms with Gasteiger partial charge in [-0.1, -0.05) is 0 Å². The van der Waals surface area contributed by atoms with Gasteiger partial charge in [-0.25, -0.2) is 0 Å². The SMILES string of the molecule is CCNC(=O)CN1CCN(C(=O)CN)CC1. The van der Waals surface area contributed by atoms with Crippen molar-refractivity contribution in [2.75, 3.05) is 45.8 Å². The minimum Gasteiger partial charge on any atom is -0.355 e. The molecule has 0 radical (unpaired) electrons. The number of rotatable bonds is 4. The molecule has 0 spiro atoms. The van der Waals surface area contributed by atoms with Crippen LogP contribution in [-0.4, -0.2) is 67.4 Å². The summed E-state index contributed by atoms with van der Waals surface area (Å²) in [6, 6.07) is 0. The zero-order valence-electron chi connectivity index (χ0n) is 9.74. The highest BCUT2D eigenvalue weighted by Crippen LogP contribution is 2.01. The number of nitrogens with one attached hydrogen (secondary N) is 1. The van der Waals surface area contributed by atoms with Crippen molar-refractivity contribution < 1.29 is 9.59 Å². The quantitative estimate of drug-likeness (QED) is 0.596. The summed E-state index contributed by atoms with van der Waals surface area (Å²) in [5.41, 5.74) is 5.29. The van der Waals surface area contributed by atoms with Gasteiger partial charge in [0.05, 0.1) is 13.1 Å². The van der Waals surface area contributed by atoms with E-state index in [1.54, 1.807) is 4.90 Å². The van der Waals surface area contributed by atoms with Crippen molar-refractivity contribution in [2.45, 2.75) is 6.92 Å². The molecule has 6 nitrogen and oxygen atoms in total. The molecule has 16 heavy (non-hydrogen) atoms. The number of carbonyl (C=O) groups is 2. The van der Waals surface area contributed by atoms with Crippen LogP contribution in [0, 0.1) is 0 Å². The number of piperazine rings is 1. The molecule has 0 unspecified atom stereocenters. The smallest absolute Gasteiger partial charge is 0.236 e. The molecule has 6 heteroatoms. The van der Waals surface area contributed by atoms with E-state index in [1.807, 2.05) is 11.8 Å². The third-order valence-corrected chi connectivity index (χ3v) is 2.64. The molecule has 1 aliphatic heterocycles. The van der Waals surface area contributed by atoms with Crippen molar-refractivity contribution in [1.29, 1.82) is 0 Å². The number of likely N-dealkylation sites (N-methyl/N-ethyl adjacent to an activating group) is 1. The first-order chi connectivity index (χ1) is 7.67. The van der Waals surface area contributed by atoms with Crippen LogP contribution in [-0.2, 0) is 9.59 Å². The van der Waals surface area contributed by atoms with Crippen LogP contribution in [0.25, 0.3) is 0 Å². The van der Waals surface area contributed by atoms with Crippen LogP contribution in [0.2, 0.25) is 0 Å². The number of hydrogen-bond acceptors (Lipinski definition) is 4. The monoisotopic (exact) mass is 228 g/mol. The van der Waals surface area contributed by atoms with Gasteiger partial charge in [0.15, 0.2) is 0 Å². The first kappa shape index (κ1) is 12.9. The Kier molecular flexibility index (Phi) is 5.21. The molecule has 0 bridgehead atoms. The first-order valence-corrected chi connectivity index (χ1v) is 5.64. The number of nitrogens with two attached hydrogens (primary N) is 1. The van der Waals surface area contributed by atoms with Crippen molar-refractivity contribution in [2.24, 2.45) is 5.73 Å². The van der Waals surface area contributed by atoms with Crippen LogP contribution in [0.3, 0.4) is 0 Å². The van der Waals surface area contributed by atoms with E-state index in [2.05, 4.69) is 5.32 Å². The summed E-state index contributed by atoms with van der Waals surface area (Å²) in [5.74, 6) is 0.0266. The molecule has 0 atom stereocenters. The standard InChI is InChI=1S/C10H20N4O2/c1-2-12-9(15)8-13-3-5-14(6-4-13)10(16)7-11/h2-8,11H2,1H3,(H,12,15). The second-order valence-electron chi connectivity index (χ2n) is 3.81. The third kappa shape index (κ3) is 3.79. The topological polar surface area (TPSA) is 78.7 Å². The fourth-order valence-corrected chi connectivity index (χ4v) is 1.74. The van der Waals surface area contributed by atoms with E-state index in [1.165, 1.54) is 0 Å². The van der Waals surface area contributed by atoms with Gasteiger partial charge in [-0.15, -0.1) is 0 Å². The predicted molar refractivity (Wildman–Crippen MR) is 60.8 cm³/mol. The lowest BCUT2D eigenvalue weighted by atomic mass is 10.3. The molecule has 0 aliphatic carbocycles. The molecule has 0 aromatic rings. The van der Waals surface area contributed by atoms with Crippen LogP contribution < -0.4 is 11.1 Å². The summed E-state index contributed by atoms with van der Waals surface area (Å²) in [6.45, 7) is 5.84. The van der Waals surface area contributed by atoms with Crippen LogP contribution in [0.5, 0.6) is 0 Å². The van der Waals surface area contributed by atoms with Crippen molar-refractivity contribution >= 4 is 11.8 Å². The fourth-order valence-electron chi connectivity index (χ4n) is 1.74. The average molecular weight is 228 g/mol. The van der Waals surface area contributed by atoms with Gasteiger partial charge in [-0.3, -0.25) is 14.5 Å². The third-order valence-electron chi connectivity index (χ3n) is 2.64. The summed E-state index contributed by atoms with van der Waals surface area (Å²) >= 11 is 0. The molecule has 92 valence electrons. The zero-order valence-corrected chi connectivity index (χ0v) is 9.74. The second kappa shape index (κ2) is 6.44. The van der Waals surface area contributed by atoms with E-state index >= 15 is 0 Å². The number of amides is 2. The van der Waals surface area contributed by atoms with Crippen LogP contribution in [0.15, 0.2) is 0 Å². The Morgan fingerprint density at radius 3 is 2.38 bits per heavy atom. The molecule has 2 amide bonds. The van der Waals surface area contributed by atoms with Gasteiger partial charge >= 0.3 is 0 Å². The lowest BCUT2D eigenvalue weighted by molar-refractivity contribution is -0.131. The highest BCUT2D eigenvalue weighted by atomic mass is 16.2. The number of nitrogens with zero attached hydrogens (tertiary/aromatic N) is 2. The van der Waals surface area contributed by atoms with Crippen molar-refractivity contribution in [1.82, 2.24) is 15.1 Å². The van der Waals surface area contributed by atoms with Gasteiger partial charge in [0.25, 0.3) is 0 Å². The molecule has 0 saturated carbocycles. The Labute approximate surface area is 95.8 Å². The number of carbonyl (C=O) groups excluding carboxylic acids is 2. The maximum absolute atomic E-state index is 11.3. The fraction of sp³-hybridized carbons (Fsp3) is 0.800. The van der Waals surface area contributed by atoms with Crippen LogP contribution >= 0.6 is 0 Å². The summed E-state index contributed by atoms with van der Waals surface area (Å²) in [6.07, 6.45) is 0. The summed E-state index contributed by atoms with van der Waals surface area (Å²) in [5, 5.41) is 2.76. The summed E-state index contributed by atoms with van der Waals surface area (Å²) < 4.78 is 0. The molecule has 1 heterocycles. The highest BCUT2D eigenvalue weighted by molar-refractivity contribution is 5.79. The Bertz CT molecular complexity index is 249. The zero-order chi connectivity index (χ0) is 12.0. The van der Waals surface area contributed by atoms with Gasteiger partial charge in [-0.2, -0.15) is 0 Å². The maximum Gasteiger partial charge on any atom is 0.236 e. The molecule has 1 rings (SSSR count). The minimum atomic E-state index is -0.0161. The predicted octanol–water partition coefficient (Wildman–Crippen LogP) is -1.77. The van der Waals surface area contributed by atoms with E-state index in [0.717, 1.165) is 13.1 Å². The van der Waals surface area contributed by atoms with E-state index in [4.69, 9.17) is 5.73 Å². The van der Waals surface area contributed by atoms with Crippen LogP contribution in [0.4, 0.5) is 0 Å². The minimum absolute atomic E-state index is 0.0161. The molecule has 3 N–H and O–H groups in total. The van der Waals surface area contributed by atoms with Crippen molar-refractivity contribution in [3.63, 3.8) is 0 Å². The molecular weight excluding hydrogens is 208 g/mol. The molecular formula is C10H20N4O2. The van der Waals surface area contributed by atoms with E-state index in [9.17, 15) is 9.59 Å². The van der Waals surface area contributed by atoms with Gasteiger partial charge in [0.2, 0.25) is 11.8 Å². The highest BCUT2D eigenvalue weighted by Gasteiger charge is 2.21. The maximum atomic E-state index is 11.3. The number of hydrogen-bond donors (Lipinski definition) is 2. The van der Waals surface area contributed by atoms with E-state index < -0.39 is 0 Å². The van der Waals surface area contributed by atoms with Crippen LogP contribution in [0.1, 0.15) is 6.92 Å². The average Bonchev–Trinajstić information content (AvgIpc) is 2.29. The largest absolute Gasteiger partial charge is 0.355 e. The lowest BCUT2D eigenvalue weighted by Crippen LogP contribution is -2.52. The summed E-state index contributed by atoms with van der Waals surface area (Å²) in [7, 11) is 0. The molecule has 1 aliphatic rings. The Morgan fingerprint density at radius 1 is 1.25 bits per heavy atom. The Balaban J connectivity index is 2.26. The van der Waals surface area contributed by atoms with Gasteiger partial charge < -0.3 is 16.0 Å². The Hall–Kier alpha value is -1.14. The normalized spacial score (nSPS) is 17.2. The van der Waals surface area contributed by atoms with Gasteiger partial charge in [-0.05, 0) is 6.92 Å². The molecule has 0 aromatic carbocycles. The molecule has 0 aromatic heterocycles. The second-order valence-corrected chi connectivity index (χ2v) is 3.81. The summed E-state index contributed by atoms with van der Waals surface area (Å²) in [4.78, 5) is 26.4. The van der Waals surface area contributed by atoms with Crippen molar-refractivity contribution in [3.8, 4) is 0 Å². The van der Waals surface area contributed by atoms with E-state index in [-0.39, 0.29) is 18.4 Å². The lowest BCUT2D eigenvalue weighted by Gasteiger charge is -2.34. The molecule has 1 saturated heterocycles. The Morgan fingerprint density at radius 2 is 1.88 bits per heavy atom. The molecule has 1 fully saturated rings. The van der Waals surface area contributed by atoms with Gasteiger partial charge in [0, 0.05) is 32.7 Å². The first-order valence-electron chi connectivity index (χ1n) is 5.64. The van der Waals surface area contributed by atoms with E-state index in [0.29, 0.717) is 26.2 Å². The van der Waals surface area contributed by atoms with Gasteiger partial charge in [0.1, 0.15) is 0 Å².